The highest BCUT2D eigenvalue weighted by molar-refractivity contribution is 6.55. The molecule has 0 aliphatic heterocycles. The zero-order valence-corrected chi connectivity index (χ0v) is 17.1. The van der Waals surface area contributed by atoms with E-state index in [1.165, 1.54) is 25.1 Å². The van der Waals surface area contributed by atoms with Gasteiger partial charge in [0.2, 0.25) is 12.2 Å². The van der Waals surface area contributed by atoms with E-state index in [1.54, 1.807) is 0 Å². The maximum atomic E-state index is 12.5. The van der Waals surface area contributed by atoms with Crippen molar-refractivity contribution in [3.8, 4) is 17.4 Å². The van der Waals surface area contributed by atoms with Gasteiger partial charge < -0.3 is 14.2 Å². The molecule has 0 aliphatic carbocycles. The van der Waals surface area contributed by atoms with Gasteiger partial charge in [0.25, 0.3) is 0 Å². The van der Waals surface area contributed by atoms with Crippen LogP contribution in [0.1, 0.15) is 12.5 Å². The molecular weight excluding hydrogens is 465 g/mol. The highest BCUT2D eigenvalue weighted by Gasteiger charge is 2.30. The molecule has 0 aliphatic rings. The van der Waals surface area contributed by atoms with E-state index in [1.807, 2.05) is 0 Å². The Bertz CT molecular complexity index is 818. The third-order valence-electron chi connectivity index (χ3n) is 3.09. The number of pyridine rings is 1. The normalized spacial score (nSPS) is 12.3. The molecule has 1 heterocycles. The summed E-state index contributed by atoms with van der Waals surface area (Å²) in [6.45, 7) is 1.61. The van der Waals surface area contributed by atoms with Crippen LogP contribution in [-0.4, -0.2) is 17.9 Å². The molecule has 152 valence electrons. The summed E-state index contributed by atoms with van der Waals surface area (Å²) in [4.78, 5) is 3.60. The van der Waals surface area contributed by atoms with Gasteiger partial charge in [0.15, 0.2) is 5.75 Å². The lowest BCUT2D eigenvalue weighted by molar-refractivity contribution is -0.137. The minimum Gasteiger partial charge on any atom is -0.489 e. The first-order valence-electron chi connectivity index (χ1n) is 7.56. The highest BCUT2D eigenvalue weighted by Crippen LogP contribution is 2.38. The summed E-state index contributed by atoms with van der Waals surface area (Å²) in [5, 5.41) is 0.276. The summed E-state index contributed by atoms with van der Waals surface area (Å²) < 4.78 is 53.9. The molecular formula is C17H12Cl4F3NO3. The summed E-state index contributed by atoms with van der Waals surface area (Å²) in [7, 11) is 0. The molecule has 0 spiro atoms. The topological polar surface area (TPSA) is 40.6 Å². The van der Waals surface area contributed by atoms with Gasteiger partial charge >= 0.3 is 6.18 Å². The molecule has 0 saturated heterocycles. The molecule has 0 N–H and O–H groups in total. The van der Waals surface area contributed by atoms with Gasteiger partial charge in [0.1, 0.15) is 16.8 Å². The van der Waals surface area contributed by atoms with Gasteiger partial charge in [-0.25, -0.2) is 4.98 Å². The van der Waals surface area contributed by atoms with E-state index in [4.69, 9.17) is 60.6 Å². The predicted molar refractivity (Wildman–Crippen MR) is 102 cm³/mol. The molecule has 4 nitrogen and oxygen atoms in total. The number of ether oxygens (including phenoxy) is 3. The molecule has 0 radical (unpaired) electrons. The molecule has 11 heteroatoms. The molecule has 1 unspecified atom stereocenters. The van der Waals surface area contributed by atoms with E-state index in [9.17, 15) is 13.2 Å². The highest BCUT2D eigenvalue weighted by atomic mass is 35.5. The lowest BCUT2D eigenvalue weighted by Gasteiger charge is -2.18. The maximum Gasteiger partial charge on any atom is 0.417 e. The van der Waals surface area contributed by atoms with Crippen LogP contribution in [0.25, 0.3) is 0 Å². The van der Waals surface area contributed by atoms with Gasteiger partial charge in [-0.15, -0.1) is 0 Å². The SMILES string of the molecule is CC(Oc1ccc(C(F)(F)F)cn1)Oc1c(Cl)cc(OCC=C(Cl)Cl)cc1Cl. The zero-order chi connectivity index (χ0) is 20.9. The molecule has 28 heavy (non-hydrogen) atoms. The van der Waals surface area contributed by atoms with Gasteiger partial charge in [0, 0.05) is 31.3 Å². The van der Waals surface area contributed by atoms with E-state index >= 15 is 0 Å². The zero-order valence-electron chi connectivity index (χ0n) is 14.1. The molecule has 0 fully saturated rings. The van der Waals surface area contributed by atoms with Crippen molar-refractivity contribution in [3.05, 3.63) is 56.6 Å². The standard InChI is InChI=1S/C17H12Cl4F3NO3/c1-9(27-15-3-2-10(8-25-15)17(22,23)24)28-16-12(18)6-11(7-13(16)19)26-5-4-14(20)21/h2-4,6-9H,5H2,1H3. The van der Waals surface area contributed by atoms with Crippen molar-refractivity contribution < 1.29 is 27.4 Å². The van der Waals surface area contributed by atoms with Crippen LogP contribution in [0.4, 0.5) is 13.2 Å². The van der Waals surface area contributed by atoms with E-state index in [0.717, 1.165) is 12.1 Å². The second-order valence-electron chi connectivity index (χ2n) is 5.21. The van der Waals surface area contributed by atoms with Gasteiger partial charge in [0.05, 0.1) is 15.6 Å². The van der Waals surface area contributed by atoms with Crippen molar-refractivity contribution in [3.63, 3.8) is 0 Å². The van der Waals surface area contributed by atoms with Crippen LogP contribution in [0.2, 0.25) is 10.0 Å². The first-order chi connectivity index (χ1) is 13.1. The molecule has 0 saturated carbocycles. The minimum atomic E-state index is -4.48. The number of hydrogen-bond donors (Lipinski definition) is 0. The van der Waals surface area contributed by atoms with Crippen molar-refractivity contribution in [2.45, 2.75) is 19.4 Å². The van der Waals surface area contributed by atoms with Crippen LogP contribution in [0.15, 0.2) is 41.0 Å². The van der Waals surface area contributed by atoms with E-state index in [2.05, 4.69) is 4.98 Å². The van der Waals surface area contributed by atoms with Crippen molar-refractivity contribution in [2.24, 2.45) is 0 Å². The van der Waals surface area contributed by atoms with Crippen LogP contribution in [0.3, 0.4) is 0 Å². The average Bonchev–Trinajstić information content (AvgIpc) is 2.57. The van der Waals surface area contributed by atoms with Crippen molar-refractivity contribution in [1.82, 2.24) is 4.98 Å². The Labute approximate surface area is 178 Å². The Hall–Kier alpha value is -1.54. The van der Waals surface area contributed by atoms with E-state index in [-0.39, 0.29) is 32.8 Å². The van der Waals surface area contributed by atoms with Gasteiger partial charge in [-0.05, 0) is 12.1 Å². The Balaban J connectivity index is 2.03. The van der Waals surface area contributed by atoms with Crippen LogP contribution in [-0.2, 0) is 6.18 Å². The molecule has 2 rings (SSSR count). The van der Waals surface area contributed by atoms with Gasteiger partial charge in [-0.3, -0.25) is 0 Å². The lowest BCUT2D eigenvalue weighted by Crippen LogP contribution is -2.20. The Kier molecular flexibility index (Phi) is 7.95. The van der Waals surface area contributed by atoms with E-state index < -0.39 is 18.0 Å². The van der Waals surface area contributed by atoms with Crippen LogP contribution in [0.5, 0.6) is 17.4 Å². The number of benzene rings is 1. The third-order valence-corrected chi connectivity index (χ3v) is 3.96. The van der Waals surface area contributed by atoms with Crippen molar-refractivity contribution in [1.29, 1.82) is 0 Å². The second-order valence-corrected chi connectivity index (χ2v) is 7.03. The fourth-order valence-corrected chi connectivity index (χ4v) is 2.59. The van der Waals surface area contributed by atoms with Gasteiger partial charge in [-0.2, -0.15) is 13.2 Å². The summed E-state index contributed by atoms with van der Waals surface area (Å²) in [5.41, 5.74) is -0.889. The number of nitrogens with zero attached hydrogens (tertiary/aromatic N) is 1. The summed E-state index contributed by atoms with van der Waals surface area (Å²) in [5.74, 6) is 0.407. The molecule has 2 aromatic rings. The van der Waals surface area contributed by atoms with Crippen LogP contribution in [0, 0.1) is 0 Å². The predicted octanol–water partition coefficient (Wildman–Crippen LogP) is 6.91. The number of alkyl halides is 3. The lowest BCUT2D eigenvalue weighted by atomic mass is 10.3. The third kappa shape index (κ3) is 6.81. The first-order valence-corrected chi connectivity index (χ1v) is 9.07. The fraction of sp³-hybridized carbons (Fsp3) is 0.235. The number of rotatable bonds is 7. The number of hydrogen-bond acceptors (Lipinski definition) is 4. The number of halogens is 7. The molecule has 1 atom stereocenters. The Morgan fingerprint density at radius 2 is 1.79 bits per heavy atom. The second kappa shape index (κ2) is 9.78. The smallest absolute Gasteiger partial charge is 0.417 e. The van der Waals surface area contributed by atoms with Crippen molar-refractivity contribution >= 4 is 46.4 Å². The first kappa shape index (κ1) is 22.7. The fourth-order valence-electron chi connectivity index (χ4n) is 1.91. The number of aromatic nitrogens is 1. The monoisotopic (exact) mass is 475 g/mol. The quantitative estimate of drug-likeness (QED) is 0.407. The van der Waals surface area contributed by atoms with Crippen LogP contribution < -0.4 is 14.2 Å². The van der Waals surface area contributed by atoms with Crippen LogP contribution >= 0.6 is 46.4 Å². The molecule has 1 aromatic heterocycles. The molecule has 0 amide bonds. The summed E-state index contributed by atoms with van der Waals surface area (Å²) in [6, 6.07) is 4.85. The van der Waals surface area contributed by atoms with Crippen molar-refractivity contribution in [2.75, 3.05) is 6.61 Å². The van der Waals surface area contributed by atoms with E-state index in [0.29, 0.717) is 11.9 Å². The minimum absolute atomic E-state index is 0.0556. The largest absolute Gasteiger partial charge is 0.489 e. The average molecular weight is 477 g/mol. The summed E-state index contributed by atoms with van der Waals surface area (Å²) >= 11 is 23.3. The van der Waals surface area contributed by atoms with Gasteiger partial charge in [-0.1, -0.05) is 46.4 Å². The summed E-state index contributed by atoms with van der Waals surface area (Å²) in [6.07, 6.45) is -3.33. The molecule has 0 bridgehead atoms. The Morgan fingerprint density at radius 3 is 2.29 bits per heavy atom. The Morgan fingerprint density at radius 1 is 1.14 bits per heavy atom. The maximum absolute atomic E-state index is 12.5. The molecule has 1 aromatic carbocycles.